The summed E-state index contributed by atoms with van der Waals surface area (Å²) in [5, 5.41) is 3.18. The lowest BCUT2D eigenvalue weighted by Crippen LogP contribution is -2.51. The smallest absolute Gasteiger partial charge is 0.213 e. The molecule has 1 aliphatic rings. The maximum atomic E-state index is 12.1. The standard InChI is InChI=1S/C17H28N4O2S2.HI/c1-17(2)14-21(10-11-24-17)16(18-3)19-9-12-25(22,23)20-13-15-7-5-4-6-8-15;/h4-8,20H,9-14H2,1-3H3,(H,18,19);1H. The Balaban J connectivity index is 0.00000338. The van der Waals surface area contributed by atoms with Gasteiger partial charge in [0.05, 0.1) is 5.75 Å². The number of hydrogen-bond donors (Lipinski definition) is 2. The van der Waals surface area contributed by atoms with Crippen molar-refractivity contribution < 1.29 is 8.42 Å². The van der Waals surface area contributed by atoms with Gasteiger partial charge in [0, 0.05) is 43.7 Å². The van der Waals surface area contributed by atoms with Gasteiger partial charge >= 0.3 is 0 Å². The van der Waals surface area contributed by atoms with Crippen LogP contribution in [-0.2, 0) is 16.6 Å². The summed E-state index contributed by atoms with van der Waals surface area (Å²) in [7, 11) is -1.59. The van der Waals surface area contributed by atoms with Crippen LogP contribution in [0.3, 0.4) is 0 Å². The molecule has 1 fully saturated rings. The first kappa shape index (κ1) is 23.5. The van der Waals surface area contributed by atoms with Crippen molar-refractivity contribution in [1.82, 2.24) is 14.9 Å². The van der Waals surface area contributed by atoms with Crippen LogP contribution < -0.4 is 10.0 Å². The number of aliphatic imine (C=N–C) groups is 1. The number of nitrogens with one attached hydrogen (secondary N) is 2. The molecular weight excluding hydrogens is 483 g/mol. The molecule has 1 aromatic rings. The van der Waals surface area contributed by atoms with Crippen LogP contribution in [0, 0.1) is 0 Å². The summed E-state index contributed by atoms with van der Waals surface area (Å²) in [5.41, 5.74) is 0.947. The minimum Gasteiger partial charge on any atom is -0.355 e. The van der Waals surface area contributed by atoms with Crippen LogP contribution in [0.1, 0.15) is 19.4 Å². The highest BCUT2D eigenvalue weighted by Crippen LogP contribution is 2.29. The van der Waals surface area contributed by atoms with Crippen molar-refractivity contribution in [2.45, 2.75) is 25.1 Å². The van der Waals surface area contributed by atoms with Gasteiger partial charge in [0.15, 0.2) is 5.96 Å². The molecule has 0 spiro atoms. The Morgan fingerprint density at radius 2 is 2.00 bits per heavy atom. The highest BCUT2D eigenvalue weighted by molar-refractivity contribution is 14.0. The van der Waals surface area contributed by atoms with Crippen molar-refractivity contribution in [1.29, 1.82) is 0 Å². The van der Waals surface area contributed by atoms with Gasteiger partial charge in [0.25, 0.3) is 0 Å². The van der Waals surface area contributed by atoms with E-state index in [0.29, 0.717) is 13.1 Å². The molecule has 0 aromatic heterocycles. The van der Waals surface area contributed by atoms with E-state index >= 15 is 0 Å². The summed E-state index contributed by atoms with van der Waals surface area (Å²) in [6.07, 6.45) is 0. The fourth-order valence-corrected chi connectivity index (χ4v) is 4.70. The summed E-state index contributed by atoms with van der Waals surface area (Å²) in [5.74, 6) is 1.83. The largest absolute Gasteiger partial charge is 0.355 e. The number of halogens is 1. The Morgan fingerprint density at radius 3 is 2.62 bits per heavy atom. The number of nitrogens with zero attached hydrogens (tertiary/aromatic N) is 2. The number of guanidine groups is 1. The van der Waals surface area contributed by atoms with Crippen LogP contribution in [0.4, 0.5) is 0 Å². The second kappa shape index (κ2) is 10.7. The molecule has 1 aromatic carbocycles. The van der Waals surface area contributed by atoms with Gasteiger partial charge in [0.2, 0.25) is 10.0 Å². The van der Waals surface area contributed by atoms with E-state index < -0.39 is 10.0 Å². The number of thioether (sulfide) groups is 1. The minimum atomic E-state index is -3.33. The second-order valence-electron chi connectivity index (χ2n) is 6.63. The molecule has 6 nitrogen and oxygen atoms in total. The third-order valence-electron chi connectivity index (χ3n) is 3.93. The fourth-order valence-electron chi connectivity index (χ4n) is 2.69. The molecule has 2 rings (SSSR count). The molecule has 0 atom stereocenters. The lowest BCUT2D eigenvalue weighted by atomic mass is 10.2. The van der Waals surface area contributed by atoms with Gasteiger partial charge in [-0.3, -0.25) is 4.99 Å². The molecule has 9 heteroatoms. The first-order valence-electron chi connectivity index (χ1n) is 8.42. The third kappa shape index (κ3) is 8.01. The normalized spacial score (nSPS) is 17.5. The van der Waals surface area contributed by atoms with Crippen LogP contribution >= 0.6 is 35.7 Å². The molecule has 26 heavy (non-hydrogen) atoms. The second-order valence-corrected chi connectivity index (χ2v) is 10.4. The zero-order chi connectivity index (χ0) is 18.3. The zero-order valence-corrected chi connectivity index (χ0v) is 19.5. The van der Waals surface area contributed by atoms with Crippen molar-refractivity contribution in [3.05, 3.63) is 35.9 Å². The van der Waals surface area contributed by atoms with Gasteiger partial charge in [-0.1, -0.05) is 30.3 Å². The number of rotatable bonds is 6. The van der Waals surface area contributed by atoms with E-state index in [-0.39, 0.29) is 34.5 Å². The van der Waals surface area contributed by atoms with Gasteiger partial charge < -0.3 is 10.2 Å². The van der Waals surface area contributed by atoms with Crippen LogP contribution in [0.5, 0.6) is 0 Å². The minimum absolute atomic E-state index is 0. The number of sulfonamides is 1. The van der Waals surface area contributed by atoms with Gasteiger partial charge in [-0.2, -0.15) is 11.8 Å². The molecule has 0 radical (unpaired) electrons. The Bertz CT molecular complexity index is 681. The molecule has 1 heterocycles. The predicted octanol–water partition coefficient (Wildman–Crippen LogP) is 2.13. The average molecular weight is 512 g/mol. The van der Waals surface area contributed by atoms with E-state index in [9.17, 15) is 8.42 Å². The van der Waals surface area contributed by atoms with E-state index in [1.54, 1.807) is 7.05 Å². The van der Waals surface area contributed by atoms with Crippen molar-refractivity contribution in [2.75, 3.05) is 38.2 Å². The fraction of sp³-hybridized carbons (Fsp3) is 0.588. The van der Waals surface area contributed by atoms with Crippen LogP contribution in [0.2, 0.25) is 0 Å². The Hall–Kier alpha value is -0.520. The Kier molecular flexibility index (Phi) is 9.70. The van der Waals surface area contributed by atoms with Gasteiger partial charge in [-0.05, 0) is 19.4 Å². The third-order valence-corrected chi connectivity index (χ3v) is 6.55. The summed E-state index contributed by atoms with van der Waals surface area (Å²) in [6, 6.07) is 9.51. The summed E-state index contributed by atoms with van der Waals surface area (Å²) < 4.78 is 27.1. The summed E-state index contributed by atoms with van der Waals surface area (Å²) >= 11 is 1.95. The average Bonchev–Trinajstić information content (AvgIpc) is 2.57. The van der Waals surface area contributed by atoms with Crippen LogP contribution in [-0.4, -0.2) is 62.2 Å². The highest BCUT2D eigenvalue weighted by Gasteiger charge is 2.28. The molecule has 0 saturated carbocycles. The molecule has 0 bridgehead atoms. The van der Waals surface area contributed by atoms with Crippen LogP contribution in [0.15, 0.2) is 35.3 Å². The van der Waals surface area contributed by atoms with E-state index in [2.05, 4.69) is 33.8 Å². The lowest BCUT2D eigenvalue weighted by Gasteiger charge is -2.39. The molecule has 2 N–H and O–H groups in total. The number of hydrogen-bond acceptors (Lipinski definition) is 4. The van der Waals surface area contributed by atoms with Gasteiger partial charge in [-0.15, -0.1) is 24.0 Å². The first-order valence-corrected chi connectivity index (χ1v) is 11.1. The Labute approximate surface area is 178 Å². The van der Waals surface area contributed by atoms with E-state index in [1.165, 1.54) is 0 Å². The molecular formula is C17H29IN4O2S2. The number of benzene rings is 1. The monoisotopic (exact) mass is 512 g/mol. The molecule has 148 valence electrons. The van der Waals surface area contributed by atoms with Gasteiger partial charge in [0.1, 0.15) is 0 Å². The topological polar surface area (TPSA) is 73.8 Å². The predicted molar refractivity (Wildman–Crippen MR) is 122 cm³/mol. The van der Waals surface area contributed by atoms with Crippen LogP contribution in [0.25, 0.3) is 0 Å². The molecule has 1 saturated heterocycles. The highest BCUT2D eigenvalue weighted by atomic mass is 127. The molecule has 0 aliphatic carbocycles. The van der Waals surface area contributed by atoms with Crippen molar-refractivity contribution in [3.8, 4) is 0 Å². The SMILES string of the molecule is CN=C(NCCS(=O)(=O)NCc1ccccc1)N1CCSC(C)(C)C1.I. The van der Waals surface area contributed by atoms with Crippen molar-refractivity contribution >= 4 is 51.7 Å². The quantitative estimate of drug-likeness (QED) is 0.347. The van der Waals surface area contributed by atoms with E-state index in [4.69, 9.17) is 0 Å². The lowest BCUT2D eigenvalue weighted by molar-refractivity contribution is 0.377. The summed E-state index contributed by atoms with van der Waals surface area (Å²) in [6.45, 7) is 6.91. The molecule has 0 unspecified atom stereocenters. The van der Waals surface area contributed by atoms with Crippen molar-refractivity contribution in [3.63, 3.8) is 0 Å². The first-order chi connectivity index (χ1) is 11.8. The molecule has 1 aliphatic heterocycles. The van der Waals surface area contributed by atoms with Crippen molar-refractivity contribution in [2.24, 2.45) is 4.99 Å². The summed E-state index contributed by atoms with van der Waals surface area (Å²) in [4.78, 5) is 6.49. The maximum absolute atomic E-state index is 12.1. The maximum Gasteiger partial charge on any atom is 0.213 e. The Morgan fingerprint density at radius 1 is 1.31 bits per heavy atom. The molecule has 0 amide bonds. The van der Waals surface area contributed by atoms with E-state index in [1.807, 2.05) is 42.1 Å². The van der Waals surface area contributed by atoms with E-state index in [0.717, 1.165) is 30.4 Å². The van der Waals surface area contributed by atoms with Gasteiger partial charge in [-0.25, -0.2) is 13.1 Å². The zero-order valence-electron chi connectivity index (χ0n) is 15.6.